The number of piperazine rings is 1. The van der Waals surface area contributed by atoms with Gasteiger partial charge in [-0.05, 0) is 6.92 Å². The minimum atomic E-state index is -1.05. The minimum Gasteiger partial charge on any atom is -0.465 e. The molecule has 1 fully saturated rings. The molecule has 96 valence electrons. The van der Waals surface area contributed by atoms with E-state index in [-0.39, 0.29) is 5.78 Å². The standard InChI is InChI=1S/C13H16N2O3/c1-13(9-14-7-8-15(13)12(17)18)11(16)10-5-3-2-4-6-10/h2-6,14H,7-9H2,1H3,(H,17,18). The van der Waals surface area contributed by atoms with Gasteiger partial charge in [0.2, 0.25) is 0 Å². The number of carbonyl (C=O) groups is 2. The number of amides is 1. The van der Waals surface area contributed by atoms with E-state index in [9.17, 15) is 14.7 Å². The Hall–Kier alpha value is -1.88. The highest BCUT2D eigenvalue weighted by Crippen LogP contribution is 2.22. The van der Waals surface area contributed by atoms with Gasteiger partial charge in [0.15, 0.2) is 5.78 Å². The first kappa shape index (κ1) is 12.6. The molecule has 1 unspecified atom stereocenters. The van der Waals surface area contributed by atoms with Crippen LogP contribution in [0, 0.1) is 0 Å². The molecule has 0 saturated carbocycles. The van der Waals surface area contributed by atoms with Gasteiger partial charge in [0.05, 0.1) is 0 Å². The fourth-order valence-corrected chi connectivity index (χ4v) is 2.27. The summed E-state index contributed by atoms with van der Waals surface area (Å²) < 4.78 is 0. The van der Waals surface area contributed by atoms with Crippen LogP contribution in [-0.4, -0.2) is 47.1 Å². The summed E-state index contributed by atoms with van der Waals surface area (Å²) in [7, 11) is 0. The molecule has 0 radical (unpaired) electrons. The second-order valence-electron chi connectivity index (χ2n) is 4.58. The molecule has 2 N–H and O–H groups in total. The van der Waals surface area contributed by atoms with E-state index < -0.39 is 11.6 Å². The lowest BCUT2D eigenvalue weighted by molar-refractivity contribution is 0.0487. The number of hydrogen-bond acceptors (Lipinski definition) is 3. The van der Waals surface area contributed by atoms with Crippen molar-refractivity contribution in [3.05, 3.63) is 35.9 Å². The zero-order valence-electron chi connectivity index (χ0n) is 10.2. The molecule has 1 aromatic carbocycles. The molecule has 1 atom stereocenters. The highest BCUT2D eigenvalue weighted by molar-refractivity contribution is 6.04. The molecule has 5 nitrogen and oxygen atoms in total. The van der Waals surface area contributed by atoms with Crippen molar-refractivity contribution < 1.29 is 14.7 Å². The maximum absolute atomic E-state index is 12.5. The molecule has 1 aliphatic heterocycles. The zero-order valence-corrected chi connectivity index (χ0v) is 10.2. The van der Waals surface area contributed by atoms with Gasteiger partial charge in [0.1, 0.15) is 5.54 Å². The Labute approximate surface area is 105 Å². The molecule has 1 heterocycles. The average Bonchev–Trinajstić information content (AvgIpc) is 2.39. The van der Waals surface area contributed by atoms with Gasteiger partial charge in [-0.2, -0.15) is 0 Å². The number of carbonyl (C=O) groups excluding carboxylic acids is 1. The predicted molar refractivity (Wildman–Crippen MR) is 66.8 cm³/mol. The quantitative estimate of drug-likeness (QED) is 0.772. The van der Waals surface area contributed by atoms with Crippen molar-refractivity contribution in [1.82, 2.24) is 10.2 Å². The van der Waals surface area contributed by atoms with Crippen LogP contribution >= 0.6 is 0 Å². The molecular formula is C13H16N2O3. The summed E-state index contributed by atoms with van der Waals surface area (Å²) in [5.74, 6) is -0.169. The Morgan fingerprint density at radius 3 is 2.61 bits per heavy atom. The number of hydrogen-bond donors (Lipinski definition) is 2. The SMILES string of the molecule is CC1(C(=O)c2ccccc2)CNCCN1C(=O)O. The van der Waals surface area contributed by atoms with Gasteiger partial charge in [-0.25, -0.2) is 4.79 Å². The lowest BCUT2D eigenvalue weighted by Gasteiger charge is -2.42. The average molecular weight is 248 g/mol. The van der Waals surface area contributed by atoms with Gasteiger partial charge < -0.3 is 10.4 Å². The van der Waals surface area contributed by atoms with Crippen molar-refractivity contribution in [3.63, 3.8) is 0 Å². The highest BCUT2D eigenvalue weighted by Gasteiger charge is 2.44. The molecular weight excluding hydrogens is 232 g/mol. The molecule has 1 aliphatic rings. The molecule has 1 aromatic rings. The second kappa shape index (κ2) is 4.78. The normalized spacial score (nSPS) is 23.7. The summed E-state index contributed by atoms with van der Waals surface area (Å²) in [5, 5.41) is 12.3. The molecule has 1 amide bonds. The Morgan fingerprint density at radius 1 is 1.33 bits per heavy atom. The van der Waals surface area contributed by atoms with Crippen LogP contribution in [0.5, 0.6) is 0 Å². The van der Waals surface area contributed by atoms with Crippen molar-refractivity contribution in [1.29, 1.82) is 0 Å². The Balaban J connectivity index is 2.33. The van der Waals surface area contributed by atoms with E-state index in [0.717, 1.165) is 0 Å². The van der Waals surface area contributed by atoms with Crippen LogP contribution in [0.25, 0.3) is 0 Å². The lowest BCUT2D eigenvalue weighted by Crippen LogP contribution is -2.65. The first-order chi connectivity index (χ1) is 8.55. The van der Waals surface area contributed by atoms with E-state index in [4.69, 9.17) is 0 Å². The Bertz CT molecular complexity index is 461. The summed E-state index contributed by atoms with van der Waals surface area (Å²) in [5.41, 5.74) is -0.499. The summed E-state index contributed by atoms with van der Waals surface area (Å²) in [4.78, 5) is 25.0. The molecule has 5 heteroatoms. The summed E-state index contributed by atoms with van der Waals surface area (Å²) in [6.07, 6.45) is -1.05. The highest BCUT2D eigenvalue weighted by atomic mass is 16.4. The summed E-state index contributed by atoms with van der Waals surface area (Å²) >= 11 is 0. The number of carboxylic acid groups (broad SMARTS) is 1. The fraction of sp³-hybridized carbons (Fsp3) is 0.385. The second-order valence-corrected chi connectivity index (χ2v) is 4.58. The monoisotopic (exact) mass is 248 g/mol. The van der Waals surface area contributed by atoms with Crippen LogP contribution < -0.4 is 5.32 Å². The van der Waals surface area contributed by atoms with Gasteiger partial charge in [-0.15, -0.1) is 0 Å². The number of Topliss-reactive ketones (excluding diaryl/α,β-unsaturated/α-hetero) is 1. The molecule has 1 saturated heterocycles. The number of rotatable bonds is 2. The van der Waals surface area contributed by atoms with E-state index in [0.29, 0.717) is 25.2 Å². The molecule has 0 aromatic heterocycles. The zero-order chi connectivity index (χ0) is 13.2. The van der Waals surface area contributed by atoms with E-state index >= 15 is 0 Å². The van der Waals surface area contributed by atoms with E-state index in [2.05, 4.69) is 5.32 Å². The predicted octanol–water partition coefficient (Wildman–Crippen LogP) is 1.21. The van der Waals surface area contributed by atoms with Crippen LogP contribution in [0.1, 0.15) is 17.3 Å². The number of nitrogens with one attached hydrogen (secondary N) is 1. The summed E-state index contributed by atoms with van der Waals surface area (Å²) in [6, 6.07) is 8.80. The van der Waals surface area contributed by atoms with Gasteiger partial charge in [-0.3, -0.25) is 9.69 Å². The summed E-state index contributed by atoms with van der Waals surface area (Å²) in [6.45, 7) is 2.91. The van der Waals surface area contributed by atoms with Crippen LogP contribution in [0.15, 0.2) is 30.3 Å². The molecule has 0 bridgehead atoms. The maximum Gasteiger partial charge on any atom is 0.408 e. The first-order valence-electron chi connectivity index (χ1n) is 5.87. The van der Waals surface area contributed by atoms with Crippen LogP contribution in [0.3, 0.4) is 0 Å². The van der Waals surface area contributed by atoms with Gasteiger partial charge in [0.25, 0.3) is 0 Å². The maximum atomic E-state index is 12.5. The van der Waals surface area contributed by atoms with Gasteiger partial charge >= 0.3 is 6.09 Å². The fourth-order valence-electron chi connectivity index (χ4n) is 2.27. The molecule has 18 heavy (non-hydrogen) atoms. The van der Waals surface area contributed by atoms with E-state index in [1.54, 1.807) is 31.2 Å². The smallest absolute Gasteiger partial charge is 0.408 e. The van der Waals surface area contributed by atoms with E-state index in [1.165, 1.54) is 4.90 Å². The third-order valence-electron chi connectivity index (χ3n) is 3.33. The van der Waals surface area contributed by atoms with Crippen molar-refractivity contribution in [2.45, 2.75) is 12.5 Å². The lowest BCUT2D eigenvalue weighted by atomic mass is 9.88. The third-order valence-corrected chi connectivity index (χ3v) is 3.33. The number of benzene rings is 1. The largest absolute Gasteiger partial charge is 0.465 e. The molecule has 2 rings (SSSR count). The minimum absolute atomic E-state index is 0.169. The van der Waals surface area contributed by atoms with Crippen LogP contribution in [0.2, 0.25) is 0 Å². The first-order valence-corrected chi connectivity index (χ1v) is 5.87. The Kier molecular flexibility index (Phi) is 3.34. The molecule has 0 spiro atoms. The number of ketones is 1. The van der Waals surface area contributed by atoms with Gasteiger partial charge in [-0.1, -0.05) is 30.3 Å². The van der Waals surface area contributed by atoms with Crippen molar-refractivity contribution in [3.8, 4) is 0 Å². The molecule has 0 aliphatic carbocycles. The van der Waals surface area contributed by atoms with Crippen molar-refractivity contribution in [2.24, 2.45) is 0 Å². The van der Waals surface area contributed by atoms with Gasteiger partial charge in [0, 0.05) is 25.2 Å². The number of nitrogens with zero attached hydrogens (tertiary/aromatic N) is 1. The van der Waals surface area contributed by atoms with E-state index in [1.807, 2.05) is 6.07 Å². The van der Waals surface area contributed by atoms with Crippen LogP contribution in [0.4, 0.5) is 4.79 Å². The van der Waals surface area contributed by atoms with Crippen molar-refractivity contribution in [2.75, 3.05) is 19.6 Å². The Morgan fingerprint density at radius 2 is 2.00 bits per heavy atom. The topological polar surface area (TPSA) is 69.6 Å². The van der Waals surface area contributed by atoms with Crippen LogP contribution in [-0.2, 0) is 0 Å². The van der Waals surface area contributed by atoms with Crippen molar-refractivity contribution >= 4 is 11.9 Å². The third kappa shape index (κ3) is 2.09.